The Kier molecular flexibility index (Phi) is 8.68. The quantitative estimate of drug-likeness (QED) is 0.149. The second-order valence-corrected chi connectivity index (χ2v) is 16.6. The van der Waals surface area contributed by atoms with Gasteiger partial charge in [-0.2, -0.15) is 0 Å². The molecule has 2 aliphatic rings. The van der Waals surface area contributed by atoms with E-state index in [0.29, 0.717) is 0 Å². The number of fused-ring (bicyclic) bond motifs is 8. The summed E-state index contributed by atoms with van der Waals surface area (Å²) < 4.78 is 7.26. The van der Waals surface area contributed by atoms with E-state index in [1.165, 1.54) is 43.7 Å². The predicted octanol–water partition coefficient (Wildman–Crippen LogP) is 14.0. The van der Waals surface area contributed by atoms with Crippen molar-refractivity contribution in [2.45, 2.75) is 13.8 Å². The third kappa shape index (κ3) is 6.00. The smallest absolute Gasteiger partial charge is 0.258 e. The zero-order valence-corrected chi connectivity index (χ0v) is 35.1. The average Bonchev–Trinajstić information content (AvgIpc) is 3.32. The summed E-state index contributed by atoms with van der Waals surface area (Å²) >= 11 is 0. The minimum absolute atomic E-state index is 0.138. The van der Waals surface area contributed by atoms with E-state index < -0.39 is 0 Å². The molecular formula is C58H42BN3O. The van der Waals surface area contributed by atoms with Crippen molar-refractivity contribution >= 4 is 95.8 Å². The van der Waals surface area contributed by atoms with E-state index in [4.69, 9.17) is 4.74 Å². The first-order chi connectivity index (χ1) is 31.1. The number of aryl methyl sites for hydroxylation is 2. The first-order valence-corrected chi connectivity index (χ1v) is 21.7. The van der Waals surface area contributed by atoms with Crippen LogP contribution in [0.4, 0.5) is 51.2 Å². The number of ether oxygens (including phenoxy) is 1. The van der Waals surface area contributed by atoms with Gasteiger partial charge in [0, 0.05) is 56.7 Å². The fraction of sp³-hybridized carbons (Fsp3) is 0.0345. The van der Waals surface area contributed by atoms with Crippen molar-refractivity contribution in [3.05, 3.63) is 230 Å². The number of para-hydroxylation sites is 3. The first-order valence-electron chi connectivity index (χ1n) is 21.7. The number of hydrogen-bond donors (Lipinski definition) is 0. The van der Waals surface area contributed by atoms with Crippen LogP contribution in [0.15, 0.2) is 218 Å². The van der Waals surface area contributed by atoms with E-state index in [1.807, 2.05) is 0 Å². The minimum atomic E-state index is -0.138. The van der Waals surface area contributed by atoms with E-state index in [-0.39, 0.29) is 6.71 Å². The van der Waals surface area contributed by atoms with Crippen molar-refractivity contribution in [3.8, 4) is 11.5 Å². The van der Waals surface area contributed by atoms with Crippen LogP contribution in [0.2, 0.25) is 0 Å². The van der Waals surface area contributed by atoms with Crippen molar-refractivity contribution < 1.29 is 4.74 Å². The molecule has 0 unspecified atom stereocenters. The lowest BCUT2D eigenvalue weighted by Gasteiger charge is -2.42. The largest absolute Gasteiger partial charge is 0.458 e. The number of anilines is 9. The Labute approximate surface area is 368 Å². The van der Waals surface area contributed by atoms with Gasteiger partial charge >= 0.3 is 0 Å². The molecule has 10 aromatic carbocycles. The molecule has 63 heavy (non-hydrogen) atoms. The number of hydrogen-bond acceptors (Lipinski definition) is 4. The highest BCUT2D eigenvalue weighted by Gasteiger charge is 2.44. The number of benzene rings is 10. The van der Waals surface area contributed by atoms with Gasteiger partial charge in [0.05, 0.1) is 11.4 Å². The molecule has 0 saturated carbocycles. The van der Waals surface area contributed by atoms with Gasteiger partial charge in [-0.1, -0.05) is 133 Å². The Morgan fingerprint density at radius 2 is 0.841 bits per heavy atom. The van der Waals surface area contributed by atoms with Crippen molar-refractivity contribution in [1.29, 1.82) is 0 Å². The molecule has 0 radical (unpaired) electrons. The maximum atomic E-state index is 7.26. The Morgan fingerprint density at radius 3 is 1.41 bits per heavy atom. The van der Waals surface area contributed by atoms with Crippen molar-refractivity contribution in [1.82, 2.24) is 0 Å². The lowest BCUT2D eigenvalue weighted by Crippen LogP contribution is -2.60. The third-order valence-corrected chi connectivity index (χ3v) is 12.7. The molecule has 0 aliphatic carbocycles. The molecule has 0 bridgehead atoms. The minimum Gasteiger partial charge on any atom is -0.458 e. The highest BCUT2D eigenvalue weighted by molar-refractivity contribution is 7.02. The van der Waals surface area contributed by atoms with Gasteiger partial charge in [-0.05, 0) is 131 Å². The molecule has 0 saturated heterocycles. The second kappa shape index (κ2) is 14.9. The van der Waals surface area contributed by atoms with Gasteiger partial charge in [0.2, 0.25) is 0 Å². The molecule has 12 rings (SSSR count). The summed E-state index contributed by atoms with van der Waals surface area (Å²) in [7, 11) is 0. The van der Waals surface area contributed by atoms with E-state index in [0.717, 1.165) is 68.1 Å². The molecule has 4 nitrogen and oxygen atoms in total. The van der Waals surface area contributed by atoms with Gasteiger partial charge < -0.3 is 19.4 Å². The van der Waals surface area contributed by atoms with Crippen LogP contribution in [0.1, 0.15) is 11.1 Å². The number of rotatable bonds is 7. The van der Waals surface area contributed by atoms with Crippen LogP contribution >= 0.6 is 0 Å². The summed E-state index contributed by atoms with van der Waals surface area (Å²) in [4.78, 5) is 7.26. The van der Waals surface area contributed by atoms with E-state index in [1.54, 1.807) is 0 Å². The molecule has 0 amide bonds. The third-order valence-electron chi connectivity index (χ3n) is 12.7. The molecular weight excluding hydrogens is 765 g/mol. The summed E-state index contributed by atoms with van der Waals surface area (Å²) in [6, 6.07) is 79.0. The topological polar surface area (TPSA) is 19.0 Å². The zero-order valence-electron chi connectivity index (χ0n) is 35.1. The lowest BCUT2D eigenvalue weighted by molar-refractivity contribution is 0.488. The Hall–Kier alpha value is -8.02. The van der Waals surface area contributed by atoms with E-state index in [9.17, 15) is 0 Å². The molecule has 0 atom stereocenters. The molecule has 10 aromatic rings. The SMILES string of the molecule is Cc1cccc(N(c2ccccc2)c2cc3c(c4ccccc24)B2c4c(cccc4N(c4ccccc4)c4cc(N(c5ccccc5)c5cccc(C)c5)c5ccccc5c42)O3)c1. The lowest BCUT2D eigenvalue weighted by atomic mass is 9.33. The Morgan fingerprint density at radius 1 is 0.365 bits per heavy atom. The van der Waals surface area contributed by atoms with Crippen LogP contribution < -0.4 is 35.8 Å². The van der Waals surface area contributed by atoms with Crippen LogP contribution in [-0.2, 0) is 0 Å². The molecule has 0 spiro atoms. The molecule has 298 valence electrons. The highest BCUT2D eigenvalue weighted by atomic mass is 16.5. The molecule has 2 heterocycles. The molecule has 0 aromatic heterocycles. The highest BCUT2D eigenvalue weighted by Crippen LogP contribution is 2.49. The Bertz CT molecular complexity index is 3370. The van der Waals surface area contributed by atoms with Crippen LogP contribution in [0.3, 0.4) is 0 Å². The summed E-state index contributed by atoms with van der Waals surface area (Å²) in [6.45, 7) is 4.19. The van der Waals surface area contributed by atoms with E-state index in [2.05, 4.69) is 247 Å². The molecule has 2 aliphatic heterocycles. The summed E-state index contributed by atoms with van der Waals surface area (Å²) in [5, 5.41) is 4.71. The Balaban J connectivity index is 1.18. The normalized spacial score (nSPS) is 12.3. The molecule has 0 fully saturated rings. The fourth-order valence-electron chi connectivity index (χ4n) is 10.1. The van der Waals surface area contributed by atoms with E-state index >= 15 is 0 Å². The van der Waals surface area contributed by atoms with Gasteiger partial charge in [0.15, 0.2) is 0 Å². The summed E-state index contributed by atoms with van der Waals surface area (Å²) in [5.74, 6) is 1.74. The zero-order chi connectivity index (χ0) is 42.0. The van der Waals surface area contributed by atoms with Crippen LogP contribution in [0.5, 0.6) is 11.5 Å². The standard InChI is InChI=1S/C58H42BN3O/c1-39-19-16-27-44(35-39)60(41-21-6-3-7-22-41)51-37-53-56(48-31-14-12-29-46(48)51)59-57-49-32-15-13-30-47(49)52(61(42-23-8-4-9-24-42)45-28-17-20-40(2)36-45)38-55(57)63-54-34-18-33-50(58(54)59)62(53)43-25-10-5-11-26-43/h3-38H,1-2H3. The average molecular weight is 808 g/mol. The van der Waals surface area contributed by atoms with Crippen LogP contribution in [-0.4, -0.2) is 6.71 Å². The molecule has 5 heteroatoms. The van der Waals surface area contributed by atoms with Crippen LogP contribution in [0.25, 0.3) is 21.5 Å². The predicted molar refractivity (Wildman–Crippen MR) is 266 cm³/mol. The second-order valence-electron chi connectivity index (χ2n) is 16.6. The number of nitrogens with zero attached hydrogens (tertiary/aromatic N) is 3. The molecule has 0 N–H and O–H groups in total. The summed E-state index contributed by atoms with van der Waals surface area (Å²) in [6.07, 6.45) is 0. The van der Waals surface area contributed by atoms with Crippen molar-refractivity contribution in [2.75, 3.05) is 14.7 Å². The van der Waals surface area contributed by atoms with Gasteiger partial charge in [-0.15, -0.1) is 0 Å². The van der Waals surface area contributed by atoms with Gasteiger partial charge in [-0.25, -0.2) is 0 Å². The summed E-state index contributed by atoms with van der Waals surface area (Å²) in [5.41, 5.74) is 16.0. The van der Waals surface area contributed by atoms with Crippen molar-refractivity contribution in [3.63, 3.8) is 0 Å². The maximum Gasteiger partial charge on any atom is 0.258 e. The van der Waals surface area contributed by atoms with Crippen LogP contribution in [0, 0.1) is 13.8 Å². The fourth-order valence-corrected chi connectivity index (χ4v) is 10.1. The van der Waals surface area contributed by atoms with Gasteiger partial charge in [-0.3, -0.25) is 0 Å². The van der Waals surface area contributed by atoms with Gasteiger partial charge in [0.1, 0.15) is 11.5 Å². The maximum absolute atomic E-state index is 7.26. The first kappa shape index (κ1) is 36.8. The monoisotopic (exact) mass is 807 g/mol. The van der Waals surface area contributed by atoms with Gasteiger partial charge in [0.25, 0.3) is 6.71 Å². The van der Waals surface area contributed by atoms with Crippen molar-refractivity contribution in [2.24, 2.45) is 0 Å².